The zero-order valence-electron chi connectivity index (χ0n) is 15.4. The molecule has 3 aromatic rings. The van der Waals surface area contributed by atoms with Crippen molar-refractivity contribution in [2.45, 2.75) is 45.0 Å². The highest BCUT2D eigenvalue weighted by Gasteiger charge is 2.32. The number of fused-ring (bicyclic) bond motifs is 1. The molecule has 0 amide bonds. The fourth-order valence-corrected chi connectivity index (χ4v) is 3.60. The molecule has 9 heteroatoms. The Hall–Kier alpha value is -2.68. The Balaban J connectivity index is 1.72. The highest BCUT2D eigenvalue weighted by molar-refractivity contribution is 5.77. The van der Waals surface area contributed by atoms with E-state index in [0.717, 1.165) is 18.9 Å². The summed E-state index contributed by atoms with van der Waals surface area (Å²) in [4.78, 5) is 8.76. The van der Waals surface area contributed by atoms with Gasteiger partial charge in [0, 0.05) is 12.2 Å². The van der Waals surface area contributed by atoms with E-state index in [0.29, 0.717) is 23.8 Å². The van der Waals surface area contributed by atoms with Crippen molar-refractivity contribution in [3.8, 4) is 17.0 Å². The van der Waals surface area contributed by atoms with Crippen molar-refractivity contribution >= 4 is 11.2 Å². The monoisotopic (exact) mass is 392 g/mol. The molecule has 4 rings (SSSR count). The SMILES string of the molecule is Cc1cc(C(F)(F)F)cc(O)c1-c1cnc2cn([C@H]3CCO[C@@H](C)C3)nc2n1. The van der Waals surface area contributed by atoms with Gasteiger partial charge in [0.2, 0.25) is 0 Å². The summed E-state index contributed by atoms with van der Waals surface area (Å²) < 4.78 is 46.2. The third-order valence-electron chi connectivity index (χ3n) is 4.98. The predicted molar refractivity (Wildman–Crippen MR) is 95.8 cm³/mol. The summed E-state index contributed by atoms with van der Waals surface area (Å²) in [6.45, 7) is 4.17. The molecule has 0 bridgehead atoms. The number of ether oxygens (including phenoxy) is 1. The van der Waals surface area contributed by atoms with Gasteiger partial charge in [-0.25, -0.2) is 9.97 Å². The fraction of sp³-hybridized carbons (Fsp3) is 0.421. The Labute approximate surface area is 159 Å². The Kier molecular flexibility index (Phi) is 4.49. The second kappa shape index (κ2) is 6.73. The highest BCUT2D eigenvalue weighted by Crippen LogP contribution is 2.38. The summed E-state index contributed by atoms with van der Waals surface area (Å²) in [6.07, 6.45) is 0.541. The number of halogens is 3. The number of alkyl halides is 3. The van der Waals surface area contributed by atoms with Gasteiger partial charge in [-0.1, -0.05) is 0 Å². The molecule has 1 fully saturated rings. The molecule has 1 aliphatic rings. The van der Waals surface area contributed by atoms with E-state index >= 15 is 0 Å². The Morgan fingerprint density at radius 2 is 2.07 bits per heavy atom. The van der Waals surface area contributed by atoms with E-state index in [1.165, 1.54) is 13.1 Å². The predicted octanol–water partition coefficient (Wildman–Crippen LogP) is 4.27. The minimum atomic E-state index is -4.53. The van der Waals surface area contributed by atoms with Gasteiger partial charge in [0.05, 0.1) is 35.8 Å². The summed E-state index contributed by atoms with van der Waals surface area (Å²) in [5.74, 6) is -0.487. The number of nitrogens with zero attached hydrogens (tertiary/aromatic N) is 4. The van der Waals surface area contributed by atoms with E-state index in [4.69, 9.17) is 4.74 Å². The normalized spacial score (nSPS) is 20.6. The van der Waals surface area contributed by atoms with Crippen molar-refractivity contribution < 1.29 is 23.0 Å². The average molecular weight is 392 g/mol. The summed E-state index contributed by atoms with van der Waals surface area (Å²) in [7, 11) is 0. The standard InChI is InChI=1S/C19H19F3N4O2/c1-10-5-12(19(20,21)22)7-16(27)17(10)14-8-23-15-9-26(25-18(15)24-14)13-3-4-28-11(2)6-13/h5,7-9,11,13,27H,3-4,6H2,1-2H3/t11-,13-/m0/s1. The van der Waals surface area contributed by atoms with Crippen molar-refractivity contribution in [2.24, 2.45) is 0 Å². The molecule has 6 nitrogen and oxygen atoms in total. The molecule has 2 aromatic heterocycles. The van der Waals surface area contributed by atoms with E-state index in [9.17, 15) is 18.3 Å². The van der Waals surface area contributed by atoms with Gasteiger partial charge in [-0.05, 0) is 44.4 Å². The lowest BCUT2D eigenvalue weighted by atomic mass is 10.0. The Morgan fingerprint density at radius 1 is 1.29 bits per heavy atom. The molecule has 1 saturated heterocycles. The molecule has 1 aliphatic heterocycles. The molecule has 0 unspecified atom stereocenters. The van der Waals surface area contributed by atoms with Crippen LogP contribution >= 0.6 is 0 Å². The maximum absolute atomic E-state index is 12.9. The van der Waals surface area contributed by atoms with Gasteiger partial charge in [0.15, 0.2) is 5.65 Å². The largest absolute Gasteiger partial charge is 0.507 e. The quantitative estimate of drug-likeness (QED) is 0.705. The van der Waals surface area contributed by atoms with Crippen molar-refractivity contribution in [1.82, 2.24) is 19.7 Å². The summed E-state index contributed by atoms with van der Waals surface area (Å²) in [6, 6.07) is 1.88. The molecule has 0 radical (unpaired) electrons. The Morgan fingerprint density at radius 3 is 2.75 bits per heavy atom. The fourth-order valence-electron chi connectivity index (χ4n) is 3.60. The minimum Gasteiger partial charge on any atom is -0.507 e. The smallest absolute Gasteiger partial charge is 0.416 e. The highest BCUT2D eigenvalue weighted by atomic mass is 19.4. The van der Waals surface area contributed by atoms with E-state index in [1.807, 2.05) is 17.8 Å². The lowest BCUT2D eigenvalue weighted by molar-refractivity contribution is -0.137. The van der Waals surface area contributed by atoms with E-state index in [2.05, 4.69) is 15.1 Å². The molecule has 148 valence electrons. The zero-order valence-corrected chi connectivity index (χ0v) is 15.4. The van der Waals surface area contributed by atoms with Crippen LogP contribution in [0.4, 0.5) is 13.2 Å². The molecule has 3 heterocycles. The van der Waals surface area contributed by atoms with Crippen LogP contribution in [-0.2, 0) is 10.9 Å². The third kappa shape index (κ3) is 3.42. The van der Waals surface area contributed by atoms with Crippen LogP contribution in [0.3, 0.4) is 0 Å². The van der Waals surface area contributed by atoms with Gasteiger partial charge in [-0.2, -0.15) is 18.3 Å². The molecular formula is C19H19F3N4O2. The lowest BCUT2D eigenvalue weighted by Gasteiger charge is -2.27. The van der Waals surface area contributed by atoms with Crippen LogP contribution < -0.4 is 0 Å². The number of hydrogen-bond donors (Lipinski definition) is 1. The number of rotatable bonds is 2. The van der Waals surface area contributed by atoms with Gasteiger partial charge in [-0.15, -0.1) is 0 Å². The molecule has 0 saturated carbocycles. The molecule has 0 spiro atoms. The summed E-state index contributed by atoms with van der Waals surface area (Å²) in [5, 5.41) is 14.7. The molecule has 28 heavy (non-hydrogen) atoms. The average Bonchev–Trinajstić information content (AvgIpc) is 3.04. The maximum atomic E-state index is 12.9. The van der Waals surface area contributed by atoms with Crippen molar-refractivity contribution in [3.63, 3.8) is 0 Å². The van der Waals surface area contributed by atoms with Crippen molar-refractivity contribution in [2.75, 3.05) is 6.61 Å². The Bertz CT molecular complexity index is 1010. The number of phenolic OH excluding ortho intramolecular Hbond substituents is 1. The number of aryl methyl sites for hydroxylation is 1. The second-order valence-electron chi connectivity index (χ2n) is 7.12. The van der Waals surface area contributed by atoms with Crippen LogP contribution in [0.2, 0.25) is 0 Å². The van der Waals surface area contributed by atoms with E-state index in [1.54, 1.807) is 0 Å². The number of hydrogen-bond acceptors (Lipinski definition) is 5. The number of phenols is 1. The first-order valence-corrected chi connectivity index (χ1v) is 8.97. The van der Waals surface area contributed by atoms with Gasteiger partial charge in [-0.3, -0.25) is 4.68 Å². The van der Waals surface area contributed by atoms with Crippen LogP contribution in [0.5, 0.6) is 5.75 Å². The molecular weight excluding hydrogens is 373 g/mol. The van der Waals surface area contributed by atoms with Crippen molar-refractivity contribution in [3.05, 3.63) is 35.7 Å². The maximum Gasteiger partial charge on any atom is 0.416 e. The van der Waals surface area contributed by atoms with Crippen LogP contribution in [0.15, 0.2) is 24.5 Å². The first kappa shape index (κ1) is 18.7. The molecule has 1 aromatic carbocycles. The third-order valence-corrected chi connectivity index (χ3v) is 4.98. The number of benzene rings is 1. The molecule has 0 aliphatic carbocycles. The summed E-state index contributed by atoms with van der Waals surface area (Å²) in [5.41, 5.74) is 0.831. The lowest BCUT2D eigenvalue weighted by Crippen LogP contribution is -2.25. The van der Waals surface area contributed by atoms with Crippen LogP contribution in [0.1, 0.15) is 36.9 Å². The zero-order chi connectivity index (χ0) is 20.1. The van der Waals surface area contributed by atoms with Crippen LogP contribution in [-0.4, -0.2) is 37.6 Å². The van der Waals surface area contributed by atoms with Gasteiger partial charge >= 0.3 is 6.18 Å². The van der Waals surface area contributed by atoms with Crippen LogP contribution in [0, 0.1) is 6.92 Å². The van der Waals surface area contributed by atoms with E-state index in [-0.39, 0.29) is 29.0 Å². The first-order chi connectivity index (χ1) is 13.2. The topological polar surface area (TPSA) is 73.1 Å². The molecule has 2 atom stereocenters. The first-order valence-electron chi connectivity index (χ1n) is 8.97. The minimum absolute atomic E-state index is 0.147. The second-order valence-corrected chi connectivity index (χ2v) is 7.12. The number of aromatic hydroxyl groups is 1. The van der Waals surface area contributed by atoms with Gasteiger partial charge < -0.3 is 9.84 Å². The summed E-state index contributed by atoms with van der Waals surface area (Å²) >= 11 is 0. The van der Waals surface area contributed by atoms with Gasteiger partial charge in [0.1, 0.15) is 11.3 Å². The van der Waals surface area contributed by atoms with Crippen LogP contribution in [0.25, 0.3) is 22.4 Å². The van der Waals surface area contributed by atoms with Gasteiger partial charge in [0.25, 0.3) is 0 Å². The number of aromatic nitrogens is 4. The van der Waals surface area contributed by atoms with Crippen molar-refractivity contribution in [1.29, 1.82) is 0 Å². The molecule has 1 N–H and O–H groups in total. The van der Waals surface area contributed by atoms with E-state index < -0.39 is 17.5 Å².